The molecule has 1 aromatic carbocycles. The molecule has 6 nitrogen and oxygen atoms in total. The van der Waals surface area contributed by atoms with Crippen LogP contribution in [0.5, 0.6) is 0 Å². The molecule has 1 saturated carbocycles. The molecule has 0 bridgehead atoms. The van der Waals surface area contributed by atoms with Gasteiger partial charge in [0.05, 0.1) is 10.5 Å². The maximum Gasteiger partial charge on any atom is 0.283 e. The second-order valence-corrected chi connectivity index (χ2v) is 6.74. The average molecular weight is 299 g/mol. The molecule has 1 fully saturated rings. The van der Waals surface area contributed by atoms with Gasteiger partial charge in [-0.2, -0.15) is 4.99 Å². The molecule has 0 saturated heterocycles. The fourth-order valence-corrected chi connectivity index (χ4v) is 2.93. The van der Waals surface area contributed by atoms with Crippen molar-refractivity contribution in [1.82, 2.24) is 0 Å². The van der Waals surface area contributed by atoms with Crippen LogP contribution in [-0.4, -0.2) is 26.5 Å². The summed E-state index contributed by atoms with van der Waals surface area (Å²) in [5.41, 5.74) is 10.1. The average Bonchev–Trinajstić information content (AvgIpc) is 3.09. The van der Waals surface area contributed by atoms with Gasteiger partial charge in [-0.05, 0) is 36.5 Å². The summed E-state index contributed by atoms with van der Waals surface area (Å²) in [6.45, 7) is 0. The number of hydrogen-bond donors (Lipinski definition) is 2. The zero-order valence-corrected chi connectivity index (χ0v) is 11.6. The van der Waals surface area contributed by atoms with Crippen LogP contribution in [-0.2, 0) is 9.84 Å². The van der Waals surface area contributed by atoms with E-state index in [2.05, 4.69) is 4.99 Å². The van der Waals surface area contributed by atoms with Crippen LogP contribution in [0.1, 0.15) is 34.7 Å². The maximum absolute atomic E-state index is 13.9. The number of nitrogens with zero attached hydrogens (tertiary/aromatic N) is 1. The zero-order chi connectivity index (χ0) is 15.1. The predicted molar refractivity (Wildman–Crippen MR) is 71.6 cm³/mol. The maximum atomic E-state index is 13.9. The Kier molecular flexibility index (Phi) is 3.51. The molecule has 4 N–H and O–H groups in total. The van der Waals surface area contributed by atoms with E-state index in [-0.39, 0.29) is 10.8 Å². The Morgan fingerprint density at radius 2 is 1.95 bits per heavy atom. The Hall–Kier alpha value is -1.96. The number of aliphatic imine (C=N–C) groups is 1. The minimum absolute atomic E-state index is 0.0291. The summed E-state index contributed by atoms with van der Waals surface area (Å²) in [5.74, 6) is -2.31. The van der Waals surface area contributed by atoms with Crippen molar-refractivity contribution in [2.75, 3.05) is 6.26 Å². The normalized spacial score (nSPS) is 14.9. The molecule has 0 heterocycles. The number of benzene rings is 1. The van der Waals surface area contributed by atoms with Gasteiger partial charge in [-0.15, -0.1) is 0 Å². The standard InChI is InChI=1S/C12H14FN3O3S/c1-20(18,19)10-5-8(11(17)16-12(14)15)9(13)4-7(10)6-2-3-6/h4-6H,2-3H2,1H3,(H4,14,15,16,17). The highest BCUT2D eigenvalue weighted by molar-refractivity contribution is 7.90. The molecule has 1 amide bonds. The van der Waals surface area contributed by atoms with Gasteiger partial charge in [0.2, 0.25) is 0 Å². The van der Waals surface area contributed by atoms with Gasteiger partial charge < -0.3 is 11.5 Å². The van der Waals surface area contributed by atoms with Crippen LogP contribution in [0.25, 0.3) is 0 Å². The third-order valence-electron chi connectivity index (χ3n) is 2.98. The molecule has 1 aromatic rings. The molecule has 2 rings (SSSR count). The molecule has 1 aliphatic carbocycles. The second kappa shape index (κ2) is 4.86. The molecule has 0 unspecified atom stereocenters. The van der Waals surface area contributed by atoms with Gasteiger partial charge in [0.1, 0.15) is 5.82 Å². The predicted octanol–water partition coefficient (Wildman–Crippen LogP) is 0.520. The van der Waals surface area contributed by atoms with E-state index in [9.17, 15) is 17.6 Å². The summed E-state index contributed by atoms with van der Waals surface area (Å²) >= 11 is 0. The van der Waals surface area contributed by atoms with E-state index in [1.807, 2.05) is 0 Å². The molecular weight excluding hydrogens is 285 g/mol. The number of halogens is 1. The first kappa shape index (κ1) is 14.4. The van der Waals surface area contributed by atoms with Gasteiger partial charge in [-0.25, -0.2) is 12.8 Å². The SMILES string of the molecule is CS(=O)(=O)c1cc(C(=O)N=C(N)N)c(F)cc1C1CC1. The van der Waals surface area contributed by atoms with Crippen LogP contribution in [0.15, 0.2) is 22.0 Å². The van der Waals surface area contributed by atoms with Crippen molar-refractivity contribution < 1.29 is 17.6 Å². The molecule has 0 aromatic heterocycles. The Morgan fingerprint density at radius 1 is 1.35 bits per heavy atom. The van der Waals surface area contributed by atoms with Crippen LogP contribution < -0.4 is 11.5 Å². The highest BCUT2D eigenvalue weighted by Gasteiger charge is 2.31. The van der Waals surface area contributed by atoms with E-state index in [0.717, 1.165) is 31.2 Å². The lowest BCUT2D eigenvalue weighted by Crippen LogP contribution is -2.24. The Bertz CT molecular complexity index is 705. The second-order valence-electron chi connectivity index (χ2n) is 4.76. The fourth-order valence-electron chi connectivity index (χ4n) is 1.94. The first-order chi connectivity index (χ1) is 9.20. The highest BCUT2D eigenvalue weighted by atomic mass is 32.2. The van der Waals surface area contributed by atoms with Crippen molar-refractivity contribution in [3.8, 4) is 0 Å². The molecule has 0 radical (unpaired) electrons. The number of guanidine groups is 1. The van der Waals surface area contributed by atoms with Gasteiger partial charge >= 0.3 is 0 Å². The quantitative estimate of drug-likeness (QED) is 0.479. The lowest BCUT2D eigenvalue weighted by atomic mass is 10.1. The number of sulfone groups is 1. The summed E-state index contributed by atoms with van der Waals surface area (Å²) in [7, 11) is -3.57. The monoisotopic (exact) mass is 299 g/mol. The zero-order valence-electron chi connectivity index (χ0n) is 10.8. The Labute approximate surface area is 115 Å². The van der Waals surface area contributed by atoms with E-state index >= 15 is 0 Å². The van der Waals surface area contributed by atoms with Crippen molar-refractivity contribution in [2.24, 2.45) is 16.5 Å². The van der Waals surface area contributed by atoms with Crippen LogP contribution in [0, 0.1) is 5.82 Å². The molecule has 20 heavy (non-hydrogen) atoms. The molecule has 0 aliphatic heterocycles. The first-order valence-corrected chi connectivity index (χ1v) is 7.76. The highest BCUT2D eigenvalue weighted by Crippen LogP contribution is 2.43. The topological polar surface area (TPSA) is 116 Å². The van der Waals surface area contributed by atoms with Crippen LogP contribution in [0.2, 0.25) is 0 Å². The summed E-state index contributed by atoms with van der Waals surface area (Å²) in [6, 6.07) is 2.09. The summed E-state index contributed by atoms with van der Waals surface area (Å²) in [4.78, 5) is 14.8. The van der Waals surface area contributed by atoms with Crippen molar-refractivity contribution >= 4 is 21.7 Å². The van der Waals surface area contributed by atoms with E-state index in [1.165, 1.54) is 0 Å². The lowest BCUT2D eigenvalue weighted by molar-refractivity contribution is 0.0998. The largest absolute Gasteiger partial charge is 0.370 e. The van der Waals surface area contributed by atoms with E-state index < -0.39 is 33.1 Å². The number of nitrogens with two attached hydrogens (primary N) is 2. The van der Waals surface area contributed by atoms with Crippen molar-refractivity contribution in [2.45, 2.75) is 23.7 Å². The van der Waals surface area contributed by atoms with Crippen LogP contribution in [0.3, 0.4) is 0 Å². The van der Waals surface area contributed by atoms with E-state index in [1.54, 1.807) is 0 Å². The smallest absolute Gasteiger partial charge is 0.283 e. The number of amides is 1. The van der Waals surface area contributed by atoms with Crippen LogP contribution >= 0.6 is 0 Å². The molecule has 8 heteroatoms. The first-order valence-electron chi connectivity index (χ1n) is 5.87. The summed E-state index contributed by atoms with van der Waals surface area (Å²) in [6.07, 6.45) is 2.63. The molecule has 0 atom stereocenters. The molecule has 0 spiro atoms. The lowest BCUT2D eigenvalue weighted by Gasteiger charge is -2.09. The van der Waals surface area contributed by atoms with Crippen molar-refractivity contribution in [3.05, 3.63) is 29.1 Å². The van der Waals surface area contributed by atoms with E-state index in [4.69, 9.17) is 11.5 Å². The third-order valence-corrected chi connectivity index (χ3v) is 4.13. The Morgan fingerprint density at radius 3 is 2.40 bits per heavy atom. The van der Waals surface area contributed by atoms with Gasteiger partial charge in [0.25, 0.3) is 5.91 Å². The van der Waals surface area contributed by atoms with Gasteiger partial charge in [-0.3, -0.25) is 4.79 Å². The summed E-state index contributed by atoms with van der Waals surface area (Å²) < 4.78 is 37.5. The van der Waals surface area contributed by atoms with Crippen molar-refractivity contribution in [1.29, 1.82) is 0 Å². The number of hydrogen-bond acceptors (Lipinski definition) is 3. The molecular formula is C12H14FN3O3S. The minimum Gasteiger partial charge on any atom is -0.370 e. The Balaban J connectivity index is 2.61. The molecule has 1 aliphatic rings. The van der Waals surface area contributed by atoms with E-state index in [0.29, 0.717) is 5.56 Å². The number of carbonyl (C=O) groups excluding carboxylic acids is 1. The fraction of sp³-hybridized carbons (Fsp3) is 0.333. The van der Waals surface area contributed by atoms with Crippen LogP contribution in [0.4, 0.5) is 4.39 Å². The number of rotatable bonds is 3. The summed E-state index contributed by atoms with van der Waals surface area (Å²) in [5, 5.41) is 0. The van der Waals surface area contributed by atoms with Gasteiger partial charge in [0, 0.05) is 6.26 Å². The van der Waals surface area contributed by atoms with Gasteiger partial charge in [-0.1, -0.05) is 0 Å². The molecule has 108 valence electrons. The minimum atomic E-state index is -3.57. The number of carbonyl (C=O) groups is 1. The van der Waals surface area contributed by atoms with Crippen molar-refractivity contribution in [3.63, 3.8) is 0 Å². The third kappa shape index (κ3) is 2.96. The van der Waals surface area contributed by atoms with Gasteiger partial charge in [0.15, 0.2) is 15.8 Å².